The molecule has 1 aliphatic carbocycles. The summed E-state index contributed by atoms with van der Waals surface area (Å²) < 4.78 is 0. The molecule has 1 aliphatic heterocycles. The summed E-state index contributed by atoms with van der Waals surface area (Å²) in [6, 6.07) is 8.66. The van der Waals surface area contributed by atoms with Crippen LogP contribution in [-0.4, -0.2) is 5.78 Å². The van der Waals surface area contributed by atoms with Crippen LogP contribution >= 0.6 is 11.3 Å². The van der Waals surface area contributed by atoms with Gasteiger partial charge in [-0.05, 0) is 67.0 Å². The Bertz CT molecular complexity index is 773. The molecule has 2 heterocycles. The van der Waals surface area contributed by atoms with E-state index in [1.165, 1.54) is 21.7 Å². The normalized spacial score (nSPS) is 25.5. The number of rotatable bonds is 2. The Morgan fingerprint density at radius 1 is 1.32 bits per heavy atom. The van der Waals surface area contributed by atoms with Crippen LogP contribution < -0.4 is 5.32 Å². The largest absolute Gasteiger partial charge is 0.377 e. The summed E-state index contributed by atoms with van der Waals surface area (Å²) in [5.41, 5.74) is 4.63. The van der Waals surface area contributed by atoms with Gasteiger partial charge in [0.15, 0.2) is 5.78 Å². The van der Waals surface area contributed by atoms with Crippen molar-refractivity contribution in [3.05, 3.63) is 63.4 Å². The van der Waals surface area contributed by atoms with Crippen LogP contribution in [0.2, 0.25) is 0 Å². The Morgan fingerprint density at radius 2 is 2.18 bits per heavy atom. The highest BCUT2D eigenvalue weighted by Crippen LogP contribution is 2.51. The molecule has 2 aromatic rings. The number of fused-ring (bicyclic) bond motifs is 3. The second-order valence-electron chi connectivity index (χ2n) is 6.30. The molecule has 3 atom stereocenters. The minimum Gasteiger partial charge on any atom is -0.377 e. The maximum absolute atomic E-state index is 11.7. The SMILES string of the molecule is CC(=O)c1ccc2c(c1)C1C=CCC1C(c1sccc1C)N2. The number of carbonyl (C=O) groups excluding carboxylic acids is 1. The Labute approximate surface area is 134 Å². The highest BCUT2D eigenvalue weighted by molar-refractivity contribution is 7.10. The first-order valence-electron chi connectivity index (χ1n) is 7.77. The zero-order chi connectivity index (χ0) is 15.3. The van der Waals surface area contributed by atoms with Crippen molar-refractivity contribution in [3.8, 4) is 0 Å². The van der Waals surface area contributed by atoms with Gasteiger partial charge >= 0.3 is 0 Å². The fraction of sp³-hybridized carbons (Fsp3) is 0.316. The molecule has 0 spiro atoms. The number of carbonyl (C=O) groups is 1. The first-order chi connectivity index (χ1) is 10.6. The predicted molar refractivity (Wildman–Crippen MR) is 91.9 cm³/mol. The van der Waals surface area contributed by atoms with E-state index in [1.807, 2.05) is 17.4 Å². The van der Waals surface area contributed by atoms with Crippen LogP contribution in [0.4, 0.5) is 5.69 Å². The molecule has 3 unspecified atom stereocenters. The molecule has 1 aromatic carbocycles. The minimum atomic E-state index is 0.137. The van der Waals surface area contributed by atoms with Gasteiger partial charge in [-0.2, -0.15) is 0 Å². The molecule has 112 valence electrons. The van der Waals surface area contributed by atoms with Gasteiger partial charge in [-0.3, -0.25) is 4.79 Å². The third kappa shape index (κ3) is 2.03. The Morgan fingerprint density at radius 3 is 2.91 bits per heavy atom. The molecule has 0 saturated carbocycles. The van der Waals surface area contributed by atoms with Gasteiger partial charge in [-0.25, -0.2) is 0 Å². The lowest BCUT2D eigenvalue weighted by Crippen LogP contribution is -2.29. The van der Waals surface area contributed by atoms with E-state index < -0.39 is 0 Å². The second kappa shape index (κ2) is 5.10. The molecular weight excluding hydrogens is 290 g/mol. The van der Waals surface area contributed by atoms with Crippen LogP contribution in [0.1, 0.15) is 51.7 Å². The molecule has 22 heavy (non-hydrogen) atoms. The van der Waals surface area contributed by atoms with Gasteiger partial charge in [0.05, 0.1) is 6.04 Å². The molecule has 0 saturated heterocycles. The molecule has 2 aliphatic rings. The van der Waals surface area contributed by atoms with Gasteiger partial charge in [0.2, 0.25) is 0 Å². The van der Waals surface area contributed by atoms with Crippen molar-refractivity contribution in [2.75, 3.05) is 5.32 Å². The van der Waals surface area contributed by atoms with Gasteiger partial charge in [0.25, 0.3) is 0 Å². The molecule has 0 fully saturated rings. The molecule has 2 nitrogen and oxygen atoms in total. The van der Waals surface area contributed by atoms with Crippen LogP contribution in [0.25, 0.3) is 0 Å². The fourth-order valence-corrected chi connectivity index (χ4v) is 4.83. The van der Waals surface area contributed by atoms with Crippen molar-refractivity contribution < 1.29 is 4.79 Å². The summed E-state index contributed by atoms with van der Waals surface area (Å²) >= 11 is 1.84. The topological polar surface area (TPSA) is 29.1 Å². The van der Waals surface area contributed by atoms with E-state index in [2.05, 4.69) is 48.0 Å². The lowest BCUT2D eigenvalue weighted by atomic mass is 9.78. The van der Waals surface area contributed by atoms with E-state index in [4.69, 9.17) is 0 Å². The number of aryl methyl sites for hydroxylation is 1. The average Bonchev–Trinajstić information content (AvgIpc) is 3.14. The Hall–Kier alpha value is -1.87. The number of allylic oxidation sites excluding steroid dienone is 2. The molecule has 0 amide bonds. The molecule has 1 N–H and O–H groups in total. The van der Waals surface area contributed by atoms with Crippen LogP contribution in [0.3, 0.4) is 0 Å². The zero-order valence-corrected chi connectivity index (χ0v) is 13.6. The Kier molecular flexibility index (Phi) is 3.19. The van der Waals surface area contributed by atoms with Crippen molar-refractivity contribution >= 4 is 22.8 Å². The van der Waals surface area contributed by atoms with E-state index in [9.17, 15) is 4.79 Å². The predicted octanol–water partition coefficient (Wildman–Crippen LogP) is 5.09. The summed E-state index contributed by atoms with van der Waals surface area (Å²) in [6.45, 7) is 3.83. The summed E-state index contributed by atoms with van der Waals surface area (Å²) in [5, 5.41) is 5.92. The van der Waals surface area contributed by atoms with E-state index in [0.29, 0.717) is 17.9 Å². The van der Waals surface area contributed by atoms with Crippen molar-refractivity contribution in [3.63, 3.8) is 0 Å². The molecular formula is C19H19NOS. The molecule has 0 bridgehead atoms. The first kappa shape index (κ1) is 13.8. The molecule has 0 radical (unpaired) electrons. The first-order valence-corrected chi connectivity index (χ1v) is 8.65. The highest BCUT2D eigenvalue weighted by atomic mass is 32.1. The standard InChI is InChI=1S/C19H19NOS/c1-11-8-9-22-19(11)18-15-5-3-4-14(15)16-10-13(12(2)21)6-7-17(16)20-18/h3-4,6-10,14-15,18,20H,5H2,1-2H3. The van der Waals surface area contributed by atoms with Gasteiger partial charge < -0.3 is 5.32 Å². The van der Waals surface area contributed by atoms with E-state index in [0.717, 1.165) is 12.0 Å². The van der Waals surface area contributed by atoms with Crippen molar-refractivity contribution in [2.45, 2.75) is 32.2 Å². The summed E-state index contributed by atoms with van der Waals surface area (Å²) in [6.07, 6.45) is 5.72. The van der Waals surface area contributed by atoms with Gasteiger partial charge in [-0.1, -0.05) is 12.2 Å². The Balaban J connectivity index is 1.80. The minimum absolute atomic E-state index is 0.137. The number of ketones is 1. The number of nitrogens with one attached hydrogen (secondary N) is 1. The number of Topliss-reactive ketones (excluding diaryl/α,β-unsaturated/α-hetero) is 1. The van der Waals surface area contributed by atoms with Crippen molar-refractivity contribution in [2.24, 2.45) is 5.92 Å². The second-order valence-corrected chi connectivity index (χ2v) is 7.25. The smallest absolute Gasteiger partial charge is 0.159 e. The lowest BCUT2D eigenvalue weighted by Gasteiger charge is -2.37. The van der Waals surface area contributed by atoms with Crippen molar-refractivity contribution in [1.82, 2.24) is 0 Å². The number of thiophene rings is 1. The van der Waals surface area contributed by atoms with Gasteiger partial charge in [0, 0.05) is 22.0 Å². The van der Waals surface area contributed by atoms with E-state index in [-0.39, 0.29) is 5.78 Å². The number of hydrogen-bond acceptors (Lipinski definition) is 3. The number of hydrogen-bond donors (Lipinski definition) is 1. The van der Waals surface area contributed by atoms with Crippen molar-refractivity contribution in [1.29, 1.82) is 0 Å². The summed E-state index contributed by atoms with van der Waals surface area (Å²) in [4.78, 5) is 13.1. The van der Waals surface area contributed by atoms with Crippen LogP contribution in [-0.2, 0) is 0 Å². The quantitative estimate of drug-likeness (QED) is 0.618. The van der Waals surface area contributed by atoms with E-state index >= 15 is 0 Å². The maximum atomic E-state index is 11.7. The molecule has 3 heteroatoms. The lowest BCUT2D eigenvalue weighted by molar-refractivity contribution is 0.101. The average molecular weight is 309 g/mol. The third-order valence-electron chi connectivity index (χ3n) is 4.95. The highest BCUT2D eigenvalue weighted by Gasteiger charge is 2.38. The summed E-state index contributed by atoms with van der Waals surface area (Å²) in [5.74, 6) is 1.10. The van der Waals surface area contributed by atoms with Crippen LogP contribution in [0, 0.1) is 12.8 Å². The number of benzene rings is 1. The number of anilines is 1. The zero-order valence-electron chi connectivity index (χ0n) is 12.8. The fourth-order valence-electron chi connectivity index (χ4n) is 3.78. The van der Waals surface area contributed by atoms with Crippen LogP contribution in [0.15, 0.2) is 41.8 Å². The van der Waals surface area contributed by atoms with Gasteiger partial charge in [0.1, 0.15) is 0 Å². The monoisotopic (exact) mass is 309 g/mol. The third-order valence-corrected chi connectivity index (χ3v) is 6.06. The maximum Gasteiger partial charge on any atom is 0.159 e. The van der Waals surface area contributed by atoms with Crippen LogP contribution in [0.5, 0.6) is 0 Å². The molecule has 4 rings (SSSR count). The molecule has 1 aromatic heterocycles. The van der Waals surface area contributed by atoms with E-state index in [1.54, 1.807) is 6.92 Å². The van der Waals surface area contributed by atoms with Gasteiger partial charge in [-0.15, -0.1) is 11.3 Å². The summed E-state index contributed by atoms with van der Waals surface area (Å²) in [7, 11) is 0.